The molecule has 164 valence electrons. The van der Waals surface area contributed by atoms with Crippen molar-refractivity contribution in [2.24, 2.45) is 5.92 Å². The Balaban J connectivity index is 2.71. The first-order valence-electron chi connectivity index (χ1n) is 10.7. The Morgan fingerprint density at radius 3 is 2.66 bits per heavy atom. The third-order valence-corrected chi connectivity index (χ3v) is 6.34. The Hall–Kier alpha value is -1.53. The number of methoxy groups -OCH3 is 1. The molecule has 6 heteroatoms. The van der Waals surface area contributed by atoms with Crippen molar-refractivity contribution < 1.29 is 23.6 Å². The second-order valence-electron chi connectivity index (χ2n) is 7.30. The fourth-order valence-electron chi connectivity index (χ4n) is 3.24. The molecule has 0 saturated heterocycles. The van der Waals surface area contributed by atoms with Crippen molar-refractivity contribution in [2.45, 2.75) is 77.7 Å². The minimum absolute atomic E-state index is 0.144. The molecule has 29 heavy (non-hydrogen) atoms. The minimum Gasteiger partial charge on any atom is -0.469 e. The van der Waals surface area contributed by atoms with Crippen LogP contribution in [0.5, 0.6) is 0 Å². The fourth-order valence-corrected chi connectivity index (χ4v) is 4.18. The first kappa shape index (κ1) is 25.5. The maximum atomic E-state index is 12.7. The number of hydrogen-bond acceptors (Lipinski definition) is 5. The van der Waals surface area contributed by atoms with E-state index in [0.29, 0.717) is 29.1 Å². The van der Waals surface area contributed by atoms with Gasteiger partial charge in [0.1, 0.15) is 0 Å². The molecule has 1 N–H and O–H groups in total. The third kappa shape index (κ3) is 9.22. The van der Waals surface area contributed by atoms with Gasteiger partial charge in [-0.05, 0) is 25.7 Å². The molecule has 1 aliphatic rings. The van der Waals surface area contributed by atoms with Gasteiger partial charge >= 0.3 is 5.97 Å². The SMILES string of the molecule is CCCCCC(O)/C=C/C1C=C(S(=O)CC)C(=O)/C1=C\CCCCCC(=O)OC. The number of ketones is 1. The van der Waals surface area contributed by atoms with E-state index in [1.54, 1.807) is 19.1 Å². The lowest BCUT2D eigenvalue weighted by Gasteiger charge is -2.08. The smallest absolute Gasteiger partial charge is 0.305 e. The largest absolute Gasteiger partial charge is 0.469 e. The first-order valence-corrected chi connectivity index (χ1v) is 12.0. The van der Waals surface area contributed by atoms with Crippen LogP contribution in [0, 0.1) is 5.92 Å². The number of esters is 1. The molecule has 0 amide bonds. The topological polar surface area (TPSA) is 80.7 Å². The molecule has 1 aliphatic carbocycles. The molecule has 1 rings (SSSR count). The van der Waals surface area contributed by atoms with Gasteiger partial charge in [-0.25, -0.2) is 0 Å². The fraction of sp³-hybridized carbons (Fsp3) is 0.652. The first-order chi connectivity index (χ1) is 13.9. The zero-order valence-corrected chi connectivity index (χ0v) is 18.8. The normalized spacial score (nSPS) is 20.3. The molecule has 0 aliphatic heterocycles. The van der Waals surface area contributed by atoms with E-state index in [9.17, 15) is 18.9 Å². The second kappa shape index (κ2) is 14.5. The van der Waals surface area contributed by atoms with E-state index >= 15 is 0 Å². The van der Waals surface area contributed by atoms with E-state index in [-0.39, 0.29) is 17.7 Å². The summed E-state index contributed by atoms with van der Waals surface area (Å²) in [5.41, 5.74) is 0.645. The summed E-state index contributed by atoms with van der Waals surface area (Å²) in [7, 11) is 0.0986. The lowest BCUT2D eigenvalue weighted by molar-refractivity contribution is -0.140. The molecule has 3 atom stereocenters. The summed E-state index contributed by atoms with van der Waals surface area (Å²) >= 11 is 0. The van der Waals surface area contributed by atoms with Gasteiger partial charge in [0.15, 0.2) is 5.78 Å². The van der Waals surface area contributed by atoms with E-state index in [1.165, 1.54) is 7.11 Å². The Morgan fingerprint density at radius 1 is 1.24 bits per heavy atom. The van der Waals surface area contributed by atoms with Gasteiger partial charge in [0, 0.05) is 23.7 Å². The van der Waals surface area contributed by atoms with E-state index in [1.807, 2.05) is 12.2 Å². The van der Waals surface area contributed by atoms with Crippen molar-refractivity contribution in [1.29, 1.82) is 0 Å². The molecule has 0 radical (unpaired) electrons. The number of carbonyl (C=O) groups excluding carboxylic acids is 2. The molecule has 5 nitrogen and oxygen atoms in total. The summed E-state index contributed by atoms with van der Waals surface area (Å²) in [5, 5.41) is 10.1. The van der Waals surface area contributed by atoms with E-state index in [0.717, 1.165) is 44.9 Å². The maximum absolute atomic E-state index is 12.7. The van der Waals surface area contributed by atoms with Crippen LogP contribution in [0.4, 0.5) is 0 Å². The van der Waals surface area contributed by atoms with Crippen molar-refractivity contribution >= 4 is 22.6 Å². The highest BCUT2D eigenvalue weighted by atomic mass is 32.2. The number of unbranched alkanes of at least 4 members (excludes halogenated alkanes) is 5. The van der Waals surface area contributed by atoms with Gasteiger partial charge < -0.3 is 9.84 Å². The highest BCUT2D eigenvalue weighted by Gasteiger charge is 2.31. The van der Waals surface area contributed by atoms with Crippen molar-refractivity contribution in [1.82, 2.24) is 0 Å². The van der Waals surface area contributed by atoms with Crippen molar-refractivity contribution in [2.75, 3.05) is 12.9 Å². The van der Waals surface area contributed by atoms with Crippen LogP contribution in [0.1, 0.15) is 71.6 Å². The van der Waals surface area contributed by atoms with Crippen molar-refractivity contribution in [3.63, 3.8) is 0 Å². The number of allylic oxidation sites excluding steroid dienone is 5. The third-order valence-electron chi connectivity index (χ3n) is 5.00. The molecule has 0 spiro atoms. The van der Waals surface area contributed by atoms with Crippen LogP contribution < -0.4 is 0 Å². The van der Waals surface area contributed by atoms with Gasteiger partial charge in [-0.3, -0.25) is 13.8 Å². The number of carbonyl (C=O) groups is 2. The summed E-state index contributed by atoms with van der Waals surface area (Å²) in [6.45, 7) is 3.93. The Morgan fingerprint density at radius 2 is 2.00 bits per heavy atom. The second-order valence-corrected chi connectivity index (χ2v) is 9.01. The van der Waals surface area contributed by atoms with Crippen LogP contribution in [0.2, 0.25) is 0 Å². The minimum atomic E-state index is -1.29. The molecule has 0 bridgehead atoms. The summed E-state index contributed by atoms with van der Waals surface area (Å²) in [5.74, 6) is -0.166. The van der Waals surface area contributed by atoms with E-state index < -0.39 is 16.9 Å². The molecule has 0 aromatic carbocycles. The van der Waals surface area contributed by atoms with Gasteiger partial charge in [0.05, 0.1) is 28.9 Å². The Labute approximate surface area is 177 Å². The van der Waals surface area contributed by atoms with Crippen molar-refractivity contribution in [3.8, 4) is 0 Å². The van der Waals surface area contributed by atoms with Crippen LogP contribution in [0.3, 0.4) is 0 Å². The molecule has 0 aromatic heterocycles. The molecule has 3 unspecified atom stereocenters. The maximum Gasteiger partial charge on any atom is 0.305 e. The molecule has 0 fully saturated rings. The Kier molecular flexibility index (Phi) is 12.7. The number of hydrogen-bond donors (Lipinski definition) is 1. The number of aliphatic hydroxyl groups is 1. The standard InChI is InChI=1S/C23H36O5S/c1-4-6-9-12-19(24)16-15-18-17-21(29(27)5-2)23(26)20(18)13-10-7-8-11-14-22(25)28-3/h13,15-19,24H,4-12,14H2,1-3H3/b16-15+,20-13-. The zero-order valence-electron chi connectivity index (χ0n) is 18.0. The monoisotopic (exact) mass is 424 g/mol. The Bertz CT molecular complexity index is 648. The summed E-state index contributed by atoms with van der Waals surface area (Å²) in [6.07, 6.45) is 14.3. The summed E-state index contributed by atoms with van der Waals surface area (Å²) in [4.78, 5) is 24.2. The molecule has 0 saturated carbocycles. The lowest BCUT2D eigenvalue weighted by atomic mass is 9.98. The highest BCUT2D eigenvalue weighted by Crippen LogP contribution is 2.31. The number of Topliss-reactive ketones (excluding diaryl/α,β-unsaturated/α-hetero) is 1. The molecule has 0 aromatic rings. The average Bonchev–Trinajstić information content (AvgIpc) is 3.03. The van der Waals surface area contributed by atoms with Crippen LogP contribution in [-0.4, -0.2) is 40.0 Å². The predicted molar refractivity (Wildman–Crippen MR) is 118 cm³/mol. The van der Waals surface area contributed by atoms with E-state index in [4.69, 9.17) is 0 Å². The van der Waals surface area contributed by atoms with E-state index in [2.05, 4.69) is 11.7 Å². The number of ether oxygens (including phenoxy) is 1. The lowest BCUT2D eigenvalue weighted by Crippen LogP contribution is -2.08. The summed E-state index contributed by atoms with van der Waals surface area (Å²) in [6, 6.07) is 0. The van der Waals surface area contributed by atoms with Crippen LogP contribution in [-0.2, 0) is 25.1 Å². The van der Waals surface area contributed by atoms with Gasteiger partial charge in [0.2, 0.25) is 0 Å². The predicted octanol–water partition coefficient (Wildman–Crippen LogP) is 4.39. The highest BCUT2D eigenvalue weighted by molar-refractivity contribution is 7.90. The van der Waals surface area contributed by atoms with Crippen LogP contribution in [0.25, 0.3) is 0 Å². The van der Waals surface area contributed by atoms with Gasteiger partial charge in [-0.2, -0.15) is 0 Å². The number of rotatable bonds is 14. The zero-order chi connectivity index (χ0) is 21.6. The van der Waals surface area contributed by atoms with Gasteiger partial charge in [-0.15, -0.1) is 0 Å². The molecule has 0 heterocycles. The quantitative estimate of drug-likeness (QED) is 0.194. The molecular formula is C23H36O5S. The van der Waals surface area contributed by atoms with Crippen molar-refractivity contribution in [3.05, 3.63) is 34.8 Å². The van der Waals surface area contributed by atoms with Gasteiger partial charge in [-0.1, -0.05) is 63.8 Å². The number of aliphatic hydroxyl groups excluding tert-OH is 1. The average molecular weight is 425 g/mol. The van der Waals surface area contributed by atoms with Gasteiger partial charge in [0.25, 0.3) is 0 Å². The van der Waals surface area contributed by atoms with Crippen LogP contribution >= 0.6 is 0 Å². The summed E-state index contributed by atoms with van der Waals surface area (Å²) < 4.78 is 16.8. The molecular weight excluding hydrogens is 388 g/mol. The van der Waals surface area contributed by atoms with Crippen LogP contribution in [0.15, 0.2) is 34.8 Å².